The first-order valence-electron chi connectivity index (χ1n) is 10.5. The van der Waals surface area contributed by atoms with Crippen LogP contribution in [0.1, 0.15) is 73.5 Å². The summed E-state index contributed by atoms with van der Waals surface area (Å²) in [7, 11) is 0. The fourth-order valence-corrected chi connectivity index (χ4v) is 3.82. The van der Waals surface area contributed by atoms with Crippen LogP contribution in [0.15, 0.2) is 36.4 Å². The molecule has 30 heavy (non-hydrogen) atoms. The Hall–Kier alpha value is -2.47. The van der Waals surface area contributed by atoms with Gasteiger partial charge in [0.05, 0.1) is 5.56 Å². The molecule has 1 fully saturated rings. The number of carboxylic acid groups (broad SMARTS) is 1. The van der Waals surface area contributed by atoms with E-state index in [1.54, 1.807) is 12.1 Å². The number of hydrogen-bond acceptors (Lipinski definition) is 3. The first-order valence-corrected chi connectivity index (χ1v) is 10.5. The molecule has 3 rings (SSSR count). The smallest absolute Gasteiger partial charge is 0.338 e. The Morgan fingerprint density at radius 2 is 1.87 bits per heavy atom. The fraction of sp³-hybridized carbons (Fsp3) is 0.458. The highest BCUT2D eigenvalue weighted by atomic mass is 19.1. The third-order valence-corrected chi connectivity index (χ3v) is 5.58. The topological polar surface area (TPSA) is 49.8 Å². The summed E-state index contributed by atoms with van der Waals surface area (Å²) in [6.07, 6.45) is 2.64. The Balaban J connectivity index is 1.75. The number of hydrogen-bond donors (Lipinski definition) is 1. The SMILES string of the molecule is CCCN(C[C@@H](C)Oc1cc(F)c(C(=O)O)cc1C1CC1)[C@H](C)c1ccc(F)cc1. The summed E-state index contributed by atoms with van der Waals surface area (Å²) >= 11 is 0. The van der Waals surface area contributed by atoms with Crippen LogP contribution in [-0.2, 0) is 0 Å². The lowest BCUT2D eigenvalue weighted by molar-refractivity contribution is 0.0691. The van der Waals surface area contributed by atoms with E-state index in [0.29, 0.717) is 12.3 Å². The number of ether oxygens (including phenoxy) is 1. The molecular weight excluding hydrogens is 388 g/mol. The van der Waals surface area contributed by atoms with Crippen molar-refractivity contribution in [3.05, 3.63) is 64.7 Å². The van der Waals surface area contributed by atoms with Crippen molar-refractivity contribution in [1.82, 2.24) is 4.90 Å². The molecule has 2 atom stereocenters. The molecule has 0 amide bonds. The van der Waals surface area contributed by atoms with Gasteiger partial charge in [-0.3, -0.25) is 4.90 Å². The number of nitrogens with zero attached hydrogens (tertiary/aromatic N) is 1. The average molecular weight is 417 g/mol. The van der Waals surface area contributed by atoms with Crippen molar-refractivity contribution in [2.75, 3.05) is 13.1 Å². The standard InChI is InChI=1S/C24H29F2NO3/c1-4-11-27(16(3)17-7-9-19(25)10-8-17)14-15(2)30-23-13-22(26)21(24(28)29)12-20(23)18-5-6-18/h7-10,12-13,15-16,18H,4-6,11,14H2,1-3H3,(H,28,29)/t15-,16-/m1/s1. The van der Waals surface area contributed by atoms with E-state index >= 15 is 0 Å². The van der Waals surface area contributed by atoms with Gasteiger partial charge in [-0.2, -0.15) is 0 Å². The van der Waals surface area contributed by atoms with Gasteiger partial charge < -0.3 is 9.84 Å². The maximum Gasteiger partial charge on any atom is 0.338 e. The molecule has 0 aliphatic heterocycles. The molecule has 1 aliphatic rings. The number of halogens is 2. The van der Waals surface area contributed by atoms with E-state index in [1.165, 1.54) is 24.3 Å². The van der Waals surface area contributed by atoms with Crippen LogP contribution in [0, 0.1) is 11.6 Å². The van der Waals surface area contributed by atoms with Crippen LogP contribution >= 0.6 is 0 Å². The zero-order chi connectivity index (χ0) is 21.8. The normalized spacial score (nSPS) is 15.8. The Morgan fingerprint density at radius 1 is 1.20 bits per heavy atom. The van der Waals surface area contributed by atoms with Crippen molar-refractivity contribution >= 4 is 5.97 Å². The quantitative estimate of drug-likeness (QED) is 0.532. The van der Waals surface area contributed by atoms with E-state index in [9.17, 15) is 18.7 Å². The maximum absolute atomic E-state index is 14.3. The first kappa shape index (κ1) is 22.2. The molecular formula is C24H29F2NO3. The predicted molar refractivity (Wildman–Crippen MR) is 112 cm³/mol. The second-order valence-corrected chi connectivity index (χ2v) is 8.10. The minimum absolute atomic E-state index is 0.0747. The van der Waals surface area contributed by atoms with Gasteiger partial charge in [0, 0.05) is 18.7 Å². The predicted octanol–water partition coefficient (Wildman–Crippen LogP) is 5.78. The lowest BCUT2D eigenvalue weighted by Crippen LogP contribution is -2.36. The first-order chi connectivity index (χ1) is 14.3. The molecule has 0 spiro atoms. The molecule has 4 nitrogen and oxygen atoms in total. The minimum Gasteiger partial charge on any atom is -0.489 e. The highest BCUT2D eigenvalue weighted by Crippen LogP contribution is 2.45. The van der Waals surface area contributed by atoms with Crippen LogP contribution < -0.4 is 4.74 Å². The van der Waals surface area contributed by atoms with Crippen LogP contribution in [0.4, 0.5) is 8.78 Å². The Bertz CT molecular complexity index is 881. The van der Waals surface area contributed by atoms with E-state index < -0.39 is 11.8 Å². The molecule has 0 aromatic heterocycles. The molecule has 1 N–H and O–H groups in total. The van der Waals surface area contributed by atoms with Crippen LogP contribution in [0.25, 0.3) is 0 Å². The van der Waals surface area contributed by atoms with E-state index in [4.69, 9.17) is 4.74 Å². The zero-order valence-corrected chi connectivity index (χ0v) is 17.7. The van der Waals surface area contributed by atoms with Gasteiger partial charge in [0.2, 0.25) is 0 Å². The maximum atomic E-state index is 14.3. The Labute approximate surface area is 176 Å². The lowest BCUT2D eigenvalue weighted by Gasteiger charge is -2.32. The van der Waals surface area contributed by atoms with Crippen LogP contribution in [0.5, 0.6) is 5.75 Å². The summed E-state index contributed by atoms with van der Waals surface area (Å²) < 4.78 is 33.7. The minimum atomic E-state index is -1.27. The third-order valence-electron chi connectivity index (χ3n) is 5.58. The van der Waals surface area contributed by atoms with Gasteiger partial charge in [0.15, 0.2) is 0 Å². The van der Waals surface area contributed by atoms with Gasteiger partial charge in [-0.15, -0.1) is 0 Å². The van der Waals surface area contributed by atoms with Gasteiger partial charge >= 0.3 is 5.97 Å². The highest BCUT2D eigenvalue weighted by molar-refractivity contribution is 5.88. The van der Waals surface area contributed by atoms with Gasteiger partial charge in [0.1, 0.15) is 23.5 Å². The molecule has 1 aliphatic carbocycles. The van der Waals surface area contributed by atoms with Crippen LogP contribution in [-0.4, -0.2) is 35.2 Å². The van der Waals surface area contributed by atoms with Crippen molar-refractivity contribution in [3.63, 3.8) is 0 Å². The molecule has 162 valence electrons. The van der Waals surface area contributed by atoms with Crippen molar-refractivity contribution < 1.29 is 23.4 Å². The summed E-state index contributed by atoms with van der Waals surface area (Å²) in [4.78, 5) is 13.5. The molecule has 6 heteroatoms. The number of benzene rings is 2. The fourth-order valence-electron chi connectivity index (χ4n) is 3.82. The largest absolute Gasteiger partial charge is 0.489 e. The molecule has 0 bridgehead atoms. The van der Waals surface area contributed by atoms with E-state index in [-0.39, 0.29) is 29.4 Å². The number of rotatable bonds is 10. The van der Waals surface area contributed by atoms with Crippen molar-refractivity contribution in [2.45, 2.75) is 58.1 Å². The summed E-state index contributed by atoms with van der Waals surface area (Å²) in [5, 5.41) is 9.22. The van der Waals surface area contributed by atoms with Gasteiger partial charge in [-0.25, -0.2) is 13.6 Å². The summed E-state index contributed by atoms with van der Waals surface area (Å²) in [5.74, 6) is -1.64. The molecule has 0 unspecified atom stereocenters. The van der Waals surface area contributed by atoms with E-state index in [0.717, 1.165) is 36.9 Å². The molecule has 0 saturated heterocycles. The number of carbonyl (C=O) groups is 1. The van der Waals surface area contributed by atoms with E-state index in [2.05, 4.69) is 18.7 Å². The summed E-state index contributed by atoms with van der Waals surface area (Å²) in [6, 6.07) is 9.21. The van der Waals surface area contributed by atoms with Crippen molar-refractivity contribution in [2.24, 2.45) is 0 Å². The molecule has 2 aromatic rings. The second-order valence-electron chi connectivity index (χ2n) is 8.10. The highest BCUT2D eigenvalue weighted by Gasteiger charge is 2.30. The molecule has 0 heterocycles. The molecule has 2 aromatic carbocycles. The lowest BCUT2D eigenvalue weighted by atomic mass is 10.0. The number of aromatic carboxylic acids is 1. The summed E-state index contributed by atoms with van der Waals surface area (Å²) in [6.45, 7) is 7.56. The van der Waals surface area contributed by atoms with E-state index in [1.807, 2.05) is 6.92 Å². The van der Waals surface area contributed by atoms with Gasteiger partial charge in [-0.1, -0.05) is 19.1 Å². The Morgan fingerprint density at radius 3 is 2.43 bits per heavy atom. The monoisotopic (exact) mass is 417 g/mol. The Kier molecular flexibility index (Phi) is 7.08. The summed E-state index contributed by atoms with van der Waals surface area (Å²) in [5.41, 5.74) is 1.48. The average Bonchev–Trinajstić information content (AvgIpc) is 3.52. The van der Waals surface area contributed by atoms with Crippen LogP contribution in [0.3, 0.4) is 0 Å². The molecule has 0 radical (unpaired) electrons. The zero-order valence-electron chi connectivity index (χ0n) is 17.7. The van der Waals surface area contributed by atoms with Crippen molar-refractivity contribution in [3.8, 4) is 5.75 Å². The second kappa shape index (κ2) is 9.56. The van der Waals surface area contributed by atoms with Crippen molar-refractivity contribution in [1.29, 1.82) is 0 Å². The molecule has 1 saturated carbocycles. The number of carboxylic acids is 1. The van der Waals surface area contributed by atoms with Crippen LogP contribution in [0.2, 0.25) is 0 Å². The van der Waals surface area contributed by atoms with Gasteiger partial charge in [0.25, 0.3) is 0 Å². The third kappa shape index (κ3) is 5.36. The van der Waals surface area contributed by atoms with Gasteiger partial charge in [-0.05, 0) is 74.9 Å².